The second-order valence-corrected chi connectivity index (χ2v) is 23.1. The molecular weight excluding hydrogens is 997 g/mol. The van der Waals surface area contributed by atoms with Crippen LogP contribution in [-0.2, 0) is 28.6 Å². The maximum Gasteiger partial charge on any atom is 0.306 e. The number of carbonyl (C=O) groups is 3. The van der Waals surface area contributed by atoms with Gasteiger partial charge in [0.05, 0.1) is 0 Å². The van der Waals surface area contributed by atoms with Gasteiger partial charge < -0.3 is 14.2 Å². The molecule has 0 aliphatic rings. The van der Waals surface area contributed by atoms with Crippen LogP contribution in [0.2, 0.25) is 0 Å². The zero-order valence-electron chi connectivity index (χ0n) is 53.5. The Labute approximate surface area is 502 Å². The maximum absolute atomic E-state index is 13.0. The summed E-state index contributed by atoms with van der Waals surface area (Å²) in [5.74, 6) is -0.877. The highest BCUT2D eigenvalue weighted by Crippen LogP contribution is 2.17. The highest BCUT2D eigenvalue weighted by molar-refractivity contribution is 5.71. The van der Waals surface area contributed by atoms with Gasteiger partial charge in [-0.15, -0.1) is 0 Å². The van der Waals surface area contributed by atoms with Crippen molar-refractivity contribution < 1.29 is 28.6 Å². The van der Waals surface area contributed by atoms with Crippen molar-refractivity contribution in [3.8, 4) is 0 Å². The van der Waals surface area contributed by atoms with Crippen molar-refractivity contribution in [2.75, 3.05) is 13.2 Å². The van der Waals surface area contributed by atoms with E-state index in [2.05, 4.69) is 118 Å². The van der Waals surface area contributed by atoms with E-state index in [1.165, 1.54) is 199 Å². The van der Waals surface area contributed by atoms with E-state index in [1.54, 1.807) is 0 Å². The first-order valence-electron chi connectivity index (χ1n) is 34.7. The van der Waals surface area contributed by atoms with E-state index < -0.39 is 6.10 Å². The number of allylic oxidation sites excluding steroid dienone is 16. The number of carbonyl (C=O) groups excluding carboxylic acids is 3. The highest BCUT2D eigenvalue weighted by Gasteiger charge is 2.19. The lowest BCUT2D eigenvalue weighted by Gasteiger charge is -2.18. The van der Waals surface area contributed by atoms with Crippen molar-refractivity contribution in [3.63, 3.8) is 0 Å². The SMILES string of the molecule is CC/C=C\C/C=C\C/C=C\C/C=C\CCCCCCCCCCCCCCCCC(=O)OCC(COC(=O)CCCCCCCCC/C=C\C/C=C\CCCCC)OC(=O)CCCCCCCCCCC/C=C\C/C=C\CCCCC. The molecule has 6 nitrogen and oxygen atoms in total. The van der Waals surface area contributed by atoms with Gasteiger partial charge in [0.2, 0.25) is 0 Å². The van der Waals surface area contributed by atoms with E-state index in [-0.39, 0.29) is 31.1 Å². The Morgan fingerprint density at radius 3 is 0.753 bits per heavy atom. The van der Waals surface area contributed by atoms with Crippen LogP contribution in [0.25, 0.3) is 0 Å². The fourth-order valence-corrected chi connectivity index (χ4v) is 9.85. The van der Waals surface area contributed by atoms with Crippen LogP contribution in [0, 0.1) is 0 Å². The Morgan fingerprint density at radius 2 is 0.481 bits per heavy atom. The van der Waals surface area contributed by atoms with Crippen LogP contribution in [-0.4, -0.2) is 37.2 Å². The third-order valence-corrected chi connectivity index (χ3v) is 15.0. The van der Waals surface area contributed by atoms with E-state index in [4.69, 9.17) is 14.2 Å². The monoisotopic (exact) mass is 1130 g/mol. The number of hydrogen-bond donors (Lipinski definition) is 0. The molecule has 0 rings (SSSR count). The molecule has 466 valence electrons. The van der Waals surface area contributed by atoms with Crippen molar-refractivity contribution in [2.45, 2.75) is 348 Å². The van der Waals surface area contributed by atoms with E-state index in [9.17, 15) is 14.4 Å². The topological polar surface area (TPSA) is 78.9 Å². The molecule has 0 aromatic rings. The van der Waals surface area contributed by atoms with Crippen LogP contribution in [0.15, 0.2) is 97.2 Å². The first kappa shape index (κ1) is 77.3. The third-order valence-electron chi connectivity index (χ3n) is 15.0. The fourth-order valence-electron chi connectivity index (χ4n) is 9.85. The molecule has 1 atom stereocenters. The van der Waals surface area contributed by atoms with E-state index in [1.807, 2.05) is 0 Å². The van der Waals surface area contributed by atoms with Crippen molar-refractivity contribution in [3.05, 3.63) is 97.2 Å². The van der Waals surface area contributed by atoms with Crippen molar-refractivity contribution in [1.29, 1.82) is 0 Å². The van der Waals surface area contributed by atoms with Crippen LogP contribution in [0.1, 0.15) is 342 Å². The molecule has 1 unspecified atom stereocenters. The van der Waals surface area contributed by atoms with Gasteiger partial charge in [0.15, 0.2) is 6.10 Å². The number of unbranched alkanes of at least 4 members (excludes halogenated alkanes) is 36. The van der Waals surface area contributed by atoms with Crippen LogP contribution < -0.4 is 0 Å². The zero-order valence-corrected chi connectivity index (χ0v) is 53.5. The highest BCUT2D eigenvalue weighted by atomic mass is 16.6. The second-order valence-electron chi connectivity index (χ2n) is 23.1. The largest absolute Gasteiger partial charge is 0.462 e. The Bertz CT molecular complexity index is 1580. The lowest BCUT2D eigenvalue weighted by atomic mass is 10.0. The average molecular weight is 1130 g/mol. The van der Waals surface area contributed by atoms with Crippen molar-refractivity contribution >= 4 is 17.9 Å². The molecule has 0 saturated carbocycles. The fraction of sp³-hybridized carbons (Fsp3) is 0.747. The minimum Gasteiger partial charge on any atom is -0.462 e. The Morgan fingerprint density at radius 1 is 0.259 bits per heavy atom. The summed E-state index contributed by atoms with van der Waals surface area (Å²) in [5.41, 5.74) is 0. The number of rotatable bonds is 63. The van der Waals surface area contributed by atoms with Gasteiger partial charge in [-0.3, -0.25) is 14.4 Å². The third kappa shape index (κ3) is 67.0. The van der Waals surface area contributed by atoms with Gasteiger partial charge in [-0.25, -0.2) is 0 Å². The molecule has 0 spiro atoms. The van der Waals surface area contributed by atoms with E-state index in [0.29, 0.717) is 19.3 Å². The molecule has 81 heavy (non-hydrogen) atoms. The number of esters is 3. The van der Waals surface area contributed by atoms with Gasteiger partial charge in [0.25, 0.3) is 0 Å². The van der Waals surface area contributed by atoms with Gasteiger partial charge in [-0.1, -0.05) is 298 Å². The molecule has 0 aromatic carbocycles. The second kappa shape index (κ2) is 68.8. The van der Waals surface area contributed by atoms with E-state index in [0.717, 1.165) is 103 Å². The van der Waals surface area contributed by atoms with Crippen LogP contribution in [0.3, 0.4) is 0 Å². The molecule has 6 heteroatoms. The van der Waals surface area contributed by atoms with Gasteiger partial charge in [0.1, 0.15) is 13.2 Å². The normalized spacial score (nSPS) is 12.7. The summed E-state index contributed by atoms with van der Waals surface area (Å²) >= 11 is 0. The molecule has 0 fully saturated rings. The molecular formula is C75H130O6. The summed E-state index contributed by atoms with van der Waals surface area (Å²) in [7, 11) is 0. The molecule has 0 aromatic heterocycles. The smallest absolute Gasteiger partial charge is 0.306 e. The Hall–Kier alpha value is -3.67. The van der Waals surface area contributed by atoms with Crippen LogP contribution in [0.5, 0.6) is 0 Å². The molecule has 0 aliphatic heterocycles. The lowest BCUT2D eigenvalue weighted by Crippen LogP contribution is -2.30. The first-order chi connectivity index (χ1) is 40.0. The van der Waals surface area contributed by atoms with Gasteiger partial charge in [-0.05, 0) is 122 Å². The first-order valence-corrected chi connectivity index (χ1v) is 34.7. The van der Waals surface area contributed by atoms with E-state index >= 15 is 0 Å². The lowest BCUT2D eigenvalue weighted by molar-refractivity contribution is -0.167. The zero-order chi connectivity index (χ0) is 58.5. The molecule has 0 saturated heterocycles. The quantitative estimate of drug-likeness (QED) is 0.0261. The Balaban J connectivity index is 4.33. The molecule has 0 radical (unpaired) electrons. The minimum atomic E-state index is -0.785. The van der Waals surface area contributed by atoms with Crippen molar-refractivity contribution in [1.82, 2.24) is 0 Å². The summed E-state index contributed by atoms with van der Waals surface area (Å²) in [4.78, 5) is 38.5. The van der Waals surface area contributed by atoms with Gasteiger partial charge >= 0.3 is 17.9 Å². The molecule has 0 aliphatic carbocycles. The summed E-state index contributed by atoms with van der Waals surface area (Å²) < 4.78 is 17.0. The maximum atomic E-state index is 13.0. The van der Waals surface area contributed by atoms with Gasteiger partial charge in [0, 0.05) is 19.3 Å². The molecule has 0 heterocycles. The summed E-state index contributed by atoms with van der Waals surface area (Å²) in [6, 6.07) is 0. The molecule has 0 bridgehead atoms. The van der Waals surface area contributed by atoms with Gasteiger partial charge in [-0.2, -0.15) is 0 Å². The molecule has 0 N–H and O–H groups in total. The summed E-state index contributed by atoms with van der Waals surface area (Å²) in [6.07, 6.45) is 92.8. The van der Waals surface area contributed by atoms with Crippen LogP contribution in [0.4, 0.5) is 0 Å². The standard InChI is InChI=1S/C75H130O6/c1-4-7-10-13-16-19-22-25-28-31-33-34-35-36-37-38-39-40-42-44-47-50-53-56-59-62-65-68-74(77)80-71-72(70-79-73(76)67-64-61-58-55-52-49-46-43-30-27-24-21-18-15-12-9-6-3)81-75(78)69-66-63-60-57-54-51-48-45-41-32-29-26-23-20-17-14-11-8-5-2/h7,10,16-21,25-30,33-34,72H,4-6,8-9,11-15,22-24,31-32,35-71H2,1-3H3/b10-7-,19-16-,20-17-,21-18-,28-25-,29-26-,30-27-,34-33-. The number of ether oxygens (including phenoxy) is 3. The Kier molecular flexibility index (Phi) is 65.7. The minimum absolute atomic E-state index is 0.0800. The predicted molar refractivity (Wildman–Crippen MR) is 353 cm³/mol. The summed E-state index contributed by atoms with van der Waals surface area (Å²) in [6.45, 7) is 6.51. The van der Waals surface area contributed by atoms with Crippen molar-refractivity contribution in [2.24, 2.45) is 0 Å². The predicted octanol–water partition coefficient (Wildman–Crippen LogP) is 24.0. The number of hydrogen-bond acceptors (Lipinski definition) is 6. The van der Waals surface area contributed by atoms with Crippen LogP contribution >= 0.6 is 0 Å². The molecule has 0 amide bonds. The average Bonchev–Trinajstić information content (AvgIpc) is 3.47. The summed E-state index contributed by atoms with van der Waals surface area (Å²) in [5, 5.41) is 0.